The van der Waals surface area contributed by atoms with Gasteiger partial charge in [0.1, 0.15) is 23.5 Å². The summed E-state index contributed by atoms with van der Waals surface area (Å²) in [5.41, 5.74) is 1.01. The molecular formula is C20H27Cl4NO3. The first-order chi connectivity index (χ1) is 13.3. The molecule has 0 heterocycles. The summed E-state index contributed by atoms with van der Waals surface area (Å²) < 4.78 is 11.3. The van der Waals surface area contributed by atoms with E-state index in [4.69, 9.17) is 60.7 Å². The summed E-state index contributed by atoms with van der Waals surface area (Å²) in [6.45, 7) is 7.56. The molecule has 8 heteroatoms. The minimum absolute atomic E-state index is 0.141. The van der Waals surface area contributed by atoms with Crippen molar-refractivity contribution in [3.8, 4) is 11.5 Å². The van der Waals surface area contributed by atoms with Gasteiger partial charge in [0, 0.05) is 12.1 Å². The van der Waals surface area contributed by atoms with Gasteiger partial charge in [-0.25, -0.2) is 0 Å². The Labute approximate surface area is 187 Å². The van der Waals surface area contributed by atoms with Crippen molar-refractivity contribution >= 4 is 52.1 Å². The van der Waals surface area contributed by atoms with Crippen LogP contribution in [0.1, 0.15) is 46.5 Å². The largest absolute Gasteiger partial charge is 0.490 e. The van der Waals surface area contributed by atoms with Crippen molar-refractivity contribution in [1.82, 2.24) is 0 Å². The molecule has 0 saturated carbocycles. The normalized spacial score (nSPS) is 11.5. The minimum atomic E-state index is 0.141. The second-order valence-electron chi connectivity index (χ2n) is 6.50. The van der Waals surface area contributed by atoms with Gasteiger partial charge < -0.3 is 14.3 Å². The summed E-state index contributed by atoms with van der Waals surface area (Å²) in [5, 5.41) is 4.88. The average Bonchev–Trinajstić information content (AvgIpc) is 2.61. The van der Waals surface area contributed by atoms with E-state index in [0.29, 0.717) is 40.7 Å². The summed E-state index contributed by atoms with van der Waals surface area (Å²) in [5.74, 6) is 1.39. The van der Waals surface area contributed by atoms with Crippen LogP contribution in [0.25, 0.3) is 0 Å². The van der Waals surface area contributed by atoms with E-state index < -0.39 is 0 Å². The first kappa shape index (κ1) is 25.2. The molecule has 0 radical (unpaired) electrons. The van der Waals surface area contributed by atoms with E-state index in [1.807, 2.05) is 6.92 Å². The van der Waals surface area contributed by atoms with Crippen molar-refractivity contribution in [1.29, 1.82) is 0 Å². The summed E-state index contributed by atoms with van der Waals surface area (Å²) in [6.07, 6.45) is 5.46. The highest BCUT2D eigenvalue weighted by Gasteiger charge is 2.10. The summed E-state index contributed by atoms with van der Waals surface area (Å²) in [6, 6.07) is 3.30. The molecule has 1 rings (SSSR count). The number of oxime groups is 1. The fourth-order valence-corrected chi connectivity index (χ4v) is 2.71. The lowest BCUT2D eigenvalue weighted by Gasteiger charge is -2.12. The quantitative estimate of drug-likeness (QED) is 0.168. The van der Waals surface area contributed by atoms with Gasteiger partial charge in [-0.1, -0.05) is 65.4 Å². The number of rotatable bonds is 13. The second kappa shape index (κ2) is 14.2. The van der Waals surface area contributed by atoms with Crippen molar-refractivity contribution in [3.63, 3.8) is 0 Å². The van der Waals surface area contributed by atoms with Crippen molar-refractivity contribution in [2.75, 3.05) is 19.8 Å². The molecular weight excluding hydrogens is 444 g/mol. The lowest BCUT2D eigenvalue weighted by molar-refractivity contribution is 0.137. The lowest BCUT2D eigenvalue weighted by atomic mass is 10.1. The van der Waals surface area contributed by atoms with Crippen LogP contribution in [0.4, 0.5) is 0 Å². The number of benzene rings is 1. The van der Waals surface area contributed by atoms with E-state index in [-0.39, 0.29) is 11.1 Å². The van der Waals surface area contributed by atoms with Crippen molar-refractivity contribution < 1.29 is 14.3 Å². The Balaban J connectivity index is 2.26. The van der Waals surface area contributed by atoms with Crippen molar-refractivity contribution in [2.24, 2.45) is 11.1 Å². The van der Waals surface area contributed by atoms with Crippen LogP contribution < -0.4 is 9.47 Å². The zero-order valence-corrected chi connectivity index (χ0v) is 19.5. The molecule has 158 valence electrons. The van der Waals surface area contributed by atoms with E-state index in [1.165, 1.54) is 6.08 Å². The highest BCUT2D eigenvalue weighted by atomic mass is 35.5. The van der Waals surface area contributed by atoms with Gasteiger partial charge in [0.05, 0.1) is 22.4 Å². The standard InChI is InChI=1S/C20H27Cl4NO3/c1-14(2)15(3)25-28-10-7-5-4-6-9-27-20-17(21)12-16(13-18(20)22)26-11-8-19(23)24/h8,12-14H,4-7,9-11H2,1-3H3/b25-15+. The molecule has 0 aromatic heterocycles. The van der Waals surface area contributed by atoms with Gasteiger partial charge in [-0.3, -0.25) is 0 Å². The van der Waals surface area contributed by atoms with E-state index in [9.17, 15) is 0 Å². The molecule has 0 spiro atoms. The molecule has 1 aromatic rings. The Morgan fingerprint density at radius 2 is 1.61 bits per heavy atom. The van der Waals surface area contributed by atoms with Crippen molar-refractivity contribution in [2.45, 2.75) is 46.5 Å². The lowest BCUT2D eigenvalue weighted by Crippen LogP contribution is -2.03. The van der Waals surface area contributed by atoms with Gasteiger partial charge in [-0.15, -0.1) is 0 Å². The monoisotopic (exact) mass is 469 g/mol. The number of halogens is 4. The summed E-state index contributed by atoms with van der Waals surface area (Å²) >= 11 is 23.5. The summed E-state index contributed by atoms with van der Waals surface area (Å²) in [7, 11) is 0. The number of unbranched alkanes of at least 4 members (excludes halogenated alkanes) is 3. The zero-order chi connectivity index (χ0) is 20.9. The predicted octanol–water partition coefficient (Wildman–Crippen LogP) is 7.68. The summed E-state index contributed by atoms with van der Waals surface area (Å²) in [4.78, 5) is 5.31. The molecule has 1 aromatic carbocycles. The number of ether oxygens (including phenoxy) is 2. The maximum atomic E-state index is 6.24. The zero-order valence-electron chi connectivity index (χ0n) is 16.4. The molecule has 0 bridgehead atoms. The van der Waals surface area contributed by atoms with Gasteiger partial charge in [0.25, 0.3) is 0 Å². The third-order valence-corrected chi connectivity index (χ3v) is 4.75. The maximum Gasteiger partial charge on any atom is 0.156 e. The van der Waals surface area contributed by atoms with Gasteiger partial charge in [-0.2, -0.15) is 0 Å². The SMILES string of the molecule is C/C(=N\OCCCCCCOc1c(Cl)cc(OCC=C(Cl)Cl)cc1Cl)C(C)C. The maximum absolute atomic E-state index is 6.24. The van der Waals surface area contributed by atoms with Crippen LogP contribution in [0.2, 0.25) is 10.0 Å². The van der Waals surface area contributed by atoms with E-state index >= 15 is 0 Å². The molecule has 0 aliphatic carbocycles. The minimum Gasteiger partial charge on any atom is -0.490 e. The topological polar surface area (TPSA) is 40.0 Å². The average molecular weight is 471 g/mol. The van der Waals surface area contributed by atoms with E-state index in [1.54, 1.807) is 12.1 Å². The highest BCUT2D eigenvalue weighted by Crippen LogP contribution is 2.37. The number of hydrogen-bond donors (Lipinski definition) is 0. The Hall–Kier alpha value is -0.810. The smallest absolute Gasteiger partial charge is 0.156 e. The predicted molar refractivity (Wildman–Crippen MR) is 120 cm³/mol. The van der Waals surface area contributed by atoms with Crippen LogP contribution in [0.3, 0.4) is 0 Å². The molecule has 0 unspecified atom stereocenters. The van der Waals surface area contributed by atoms with Gasteiger partial charge >= 0.3 is 0 Å². The molecule has 0 aliphatic rings. The second-order valence-corrected chi connectivity index (χ2v) is 8.33. The van der Waals surface area contributed by atoms with Crippen LogP contribution in [-0.4, -0.2) is 25.5 Å². The molecule has 28 heavy (non-hydrogen) atoms. The highest BCUT2D eigenvalue weighted by molar-refractivity contribution is 6.55. The van der Waals surface area contributed by atoms with Gasteiger partial charge in [-0.05, 0) is 44.6 Å². The molecule has 0 N–H and O–H groups in total. The van der Waals surface area contributed by atoms with Gasteiger partial charge in [0.15, 0.2) is 5.75 Å². The molecule has 0 atom stereocenters. The third kappa shape index (κ3) is 10.7. The fraction of sp³-hybridized carbons (Fsp3) is 0.550. The molecule has 0 amide bonds. The van der Waals surface area contributed by atoms with Crippen LogP contribution in [0.5, 0.6) is 11.5 Å². The van der Waals surface area contributed by atoms with Crippen LogP contribution in [-0.2, 0) is 4.84 Å². The first-order valence-corrected chi connectivity index (χ1v) is 10.7. The molecule has 0 saturated heterocycles. The Morgan fingerprint density at radius 1 is 1.00 bits per heavy atom. The number of hydrogen-bond acceptors (Lipinski definition) is 4. The fourth-order valence-electron chi connectivity index (χ4n) is 2.01. The molecule has 0 aliphatic heterocycles. The number of nitrogens with zero attached hydrogens (tertiary/aromatic N) is 1. The van der Waals surface area contributed by atoms with E-state index in [0.717, 1.165) is 31.4 Å². The van der Waals surface area contributed by atoms with Crippen LogP contribution in [0.15, 0.2) is 27.9 Å². The molecule has 0 fully saturated rings. The van der Waals surface area contributed by atoms with Crippen LogP contribution >= 0.6 is 46.4 Å². The van der Waals surface area contributed by atoms with Crippen LogP contribution in [0, 0.1) is 5.92 Å². The molecule has 4 nitrogen and oxygen atoms in total. The Kier molecular flexibility index (Phi) is 12.8. The van der Waals surface area contributed by atoms with E-state index in [2.05, 4.69) is 19.0 Å². The Morgan fingerprint density at radius 3 is 2.18 bits per heavy atom. The van der Waals surface area contributed by atoms with Gasteiger partial charge in [0.2, 0.25) is 0 Å². The third-order valence-electron chi connectivity index (χ3n) is 3.88. The van der Waals surface area contributed by atoms with Crippen molar-refractivity contribution in [3.05, 3.63) is 32.7 Å². The first-order valence-electron chi connectivity index (χ1n) is 9.23. The Bertz CT molecular complexity index is 636.